The summed E-state index contributed by atoms with van der Waals surface area (Å²) in [6.07, 6.45) is 0.702. The van der Waals surface area contributed by atoms with Gasteiger partial charge in [0.2, 0.25) is 0 Å². The number of ether oxygens (including phenoxy) is 2. The van der Waals surface area contributed by atoms with E-state index in [-0.39, 0.29) is 6.29 Å². The van der Waals surface area contributed by atoms with Crippen molar-refractivity contribution in [2.24, 2.45) is 0 Å². The summed E-state index contributed by atoms with van der Waals surface area (Å²) in [6.45, 7) is 10.4. The van der Waals surface area contributed by atoms with E-state index >= 15 is 0 Å². The molecule has 16 heavy (non-hydrogen) atoms. The fourth-order valence-corrected chi connectivity index (χ4v) is 1.65. The van der Waals surface area contributed by atoms with Crippen LogP contribution in [0.3, 0.4) is 0 Å². The number of nitrogens with zero attached hydrogens (tertiary/aromatic N) is 1. The molecule has 1 N–H and O–H groups in total. The van der Waals surface area contributed by atoms with Crippen LogP contribution in [-0.2, 0) is 9.47 Å². The summed E-state index contributed by atoms with van der Waals surface area (Å²) in [5, 5.41) is 9.66. The Labute approximate surface area is 99.5 Å². The molecule has 0 spiro atoms. The first kappa shape index (κ1) is 15.8. The van der Waals surface area contributed by atoms with Crippen LogP contribution in [0.25, 0.3) is 0 Å². The largest absolute Gasteiger partial charge is 0.389 e. The normalized spacial score (nSPS) is 12.8. The molecule has 0 aromatic carbocycles. The van der Waals surface area contributed by atoms with Gasteiger partial charge in [0, 0.05) is 32.7 Å². The number of hydrogen-bond acceptors (Lipinski definition) is 4. The molecule has 0 heterocycles. The third-order valence-electron chi connectivity index (χ3n) is 2.11. The molecule has 4 nitrogen and oxygen atoms in total. The van der Waals surface area contributed by atoms with Crippen molar-refractivity contribution in [3.8, 4) is 0 Å². The molecule has 0 saturated heterocycles. The minimum Gasteiger partial charge on any atom is -0.389 e. The Morgan fingerprint density at radius 2 is 1.69 bits per heavy atom. The standard InChI is InChI=1S/C12H27NO3/c1-6-15-11(16-7-2)8-9-13(5)10-12(3,4)14/h11,14H,6-10H2,1-5H3. The highest BCUT2D eigenvalue weighted by atomic mass is 16.7. The van der Waals surface area contributed by atoms with Gasteiger partial charge in [0.25, 0.3) is 0 Å². The van der Waals surface area contributed by atoms with Gasteiger partial charge in [-0.05, 0) is 34.7 Å². The average molecular weight is 233 g/mol. The molecule has 98 valence electrons. The molecule has 0 aliphatic rings. The van der Waals surface area contributed by atoms with E-state index in [2.05, 4.69) is 4.90 Å². The molecule has 0 atom stereocenters. The zero-order chi connectivity index (χ0) is 12.6. The summed E-state index contributed by atoms with van der Waals surface area (Å²) in [5.41, 5.74) is -0.651. The molecule has 0 fully saturated rings. The maximum absolute atomic E-state index is 9.66. The molecule has 0 aliphatic heterocycles. The molecule has 0 unspecified atom stereocenters. The second kappa shape index (κ2) is 8.01. The van der Waals surface area contributed by atoms with E-state index in [1.807, 2.05) is 34.7 Å². The van der Waals surface area contributed by atoms with Crippen molar-refractivity contribution in [2.75, 3.05) is 33.4 Å². The van der Waals surface area contributed by atoms with Gasteiger partial charge >= 0.3 is 0 Å². The van der Waals surface area contributed by atoms with Crippen LogP contribution in [0, 0.1) is 0 Å². The fraction of sp³-hybridized carbons (Fsp3) is 1.00. The molecule has 0 aromatic rings. The third kappa shape index (κ3) is 9.09. The Kier molecular flexibility index (Phi) is 7.93. The van der Waals surface area contributed by atoms with E-state index in [0.717, 1.165) is 13.0 Å². The zero-order valence-electron chi connectivity index (χ0n) is 11.3. The molecule has 0 radical (unpaired) electrons. The number of likely N-dealkylation sites (N-methyl/N-ethyl adjacent to an activating group) is 1. The van der Waals surface area contributed by atoms with Crippen LogP contribution in [-0.4, -0.2) is 55.2 Å². The summed E-state index contributed by atoms with van der Waals surface area (Å²) < 4.78 is 10.9. The van der Waals surface area contributed by atoms with Gasteiger partial charge < -0.3 is 19.5 Å². The van der Waals surface area contributed by atoms with Crippen molar-refractivity contribution in [3.05, 3.63) is 0 Å². The maximum Gasteiger partial charge on any atom is 0.158 e. The average Bonchev–Trinajstić information content (AvgIpc) is 2.12. The maximum atomic E-state index is 9.66. The SMILES string of the molecule is CCOC(CCN(C)CC(C)(C)O)OCC. The van der Waals surface area contributed by atoms with Crippen molar-refractivity contribution in [2.45, 2.75) is 46.0 Å². The predicted octanol–water partition coefficient (Wildman–Crippen LogP) is 1.48. The molecule has 0 bridgehead atoms. The Morgan fingerprint density at radius 3 is 2.06 bits per heavy atom. The molecule has 0 aliphatic carbocycles. The fourth-order valence-electron chi connectivity index (χ4n) is 1.65. The van der Waals surface area contributed by atoms with Crippen LogP contribution >= 0.6 is 0 Å². The van der Waals surface area contributed by atoms with E-state index in [4.69, 9.17) is 9.47 Å². The Hall–Kier alpha value is -0.160. The molecular formula is C12H27NO3. The highest BCUT2D eigenvalue weighted by Crippen LogP contribution is 2.06. The van der Waals surface area contributed by atoms with E-state index in [0.29, 0.717) is 19.8 Å². The molecule has 0 aromatic heterocycles. The van der Waals surface area contributed by atoms with Crippen molar-refractivity contribution < 1.29 is 14.6 Å². The zero-order valence-corrected chi connectivity index (χ0v) is 11.3. The van der Waals surface area contributed by atoms with E-state index in [1.165, 1.54) is 0 Å². The van der Waals surface area contributed by atoms with Gasteiger partial charge in [-0.1, -0.05) is 0 Å². The lowest BCUT2D eigenvalue weighted by atomic mass is 10.1. The highest BCUT2D eigenvalue weighted by molar-refractivity contribution is 4.69. The predicted molar refractivity (Wildman–Crippen MR) is 65.5 cm³/mol. The van der Waals surface area contributed by atoms with Crippen LogP contribution < -0.4 is 0 Å². The van der Waals surface area contributed by atoms with E-state index in [9.17, 15) is 5.11 Å². The van der Waals surface area contributed by atoms with E-state index in [1.54, 1.807) is 0 Å². The lowest BCUT2D eigenvalue weighted by Gasteiger charge is -2.27. The van der Waals surface area contributed by atoms with Crippen LogP contribution in [0.5, 0.6) is 0 Å². The highest BCUT2D eigenvalue weighted by Gasteiger charge is 2.16. The van der Waals surface area contributed by atoms with Crippen LogP contribution in [0.2, 0.25) is 0 Å². The molecule has 0 saturated carbocycles. The van der Waals surface area contributed by atoms with Crippen molar-refractivity contribution in [1.29, 1.82) is 0 Å². The minimum atomic E-state index is -0.651. The van der Waals surface area contributed by atoms with Crippen molar-refractivity contribution in [1.82, 2.24) is 4.90 Å². The molecule has 0 rings (SSSR count). The Bertz CT molecular complexity index is 162. The van der Waals surface area contributed by atoms with Gasteiger partial charge in [-0.25, -0.2) is 0 Å². The summed E-state index contributed by atoms with van der Waals surface area (Å²) in [6, 6.07) is 0. The van der Waals surface area contributed by atoms with Gasteiger partial charge in [0.1, 0.15) is 0 Å². The summed E-state index contributed by atoms with van der Waals surface area (Å²) >= 11 is 0. The van der Waals surface area contributed by atoms with Gasteiger partial charge in [-0.15, -0.1) is 0 Å². The quantitative estimate of drug-likeness (QED) is 0.613. The van der Waals surface area contributed by atoms with E-state index < -0.39 is 5.60 Å². The first-order valence-corrected chi connectivity index (χ1v) is 6.03. The first-order valence-electron chi connectivity index (χ1n) is 6.03. The molecular weight excluding hydrogens is 206 g/mol. The Balaban J connectivity index is 3.81. The molecule has 4 heteroatoms. The van der Waals surface area contributed by atoms with Gasteiger partial charge in [0.15, 0.2) is 6.29 Å². The molecule has 0 amide bonds. The first-order chi connectivity index (χ1) is 7.39. The van der Waals surface area contributed by atoms with Crippen molar-refractivity contribution >= 4 is 0 Å². The topological polar surface area (TPSA) is 41.9 Å². The second-order valence-electron chi connectivity index (χ2n) is 4.68. The lowest BCUT2D eigenvalue weighted by molar-refractivity contribution is -0.142. The Morgan fingerprint density at radius 1 is 1.19 bits per heavy atom. The van der Waals surface area contributed by atoms with Gasteiger partial charge in [0.05, 0.1) is 5.60 Å². The van der Waals surface area contributed by atoms with Crippen molar-refractivity contribution in [3.63, 3.8) is 0 Å². The second-order valence-corrected chi connectivity index (χ2v) is 4.68. The number of aliphatic hydroxyl groups is 1. The number of rotatable bonds is 9. The number of hydrogen-bond donors (Lipinski definition) is 1. The van der Waals surface area contributed by atoms with Gasteiger partial charge in [-0.3, -0.25) is 0 Å². The summed E-state index contributed by atoms with van der Waals surface area (Å²) in [7, 11) is 1.99. The van der Waals surface area contributed by atoms with Crippen LogP contribution in [0.4, 0.5) is 0 Å². The van der Waals surface area contributed by atoms with Gasteiger partial charge in [-0.2, -0.15) is 0 Å². The monoisotopic (exact) mass is 233 g/mol. The lowest BCUT2D eigenvalue weighted by Crippen LogP contribution is -2.38. The summed E-state index contributed by atoms with van der Waals surface area (Å²) in [5.74, 6) is 0. The minimum absolute atomic E-state index is 0.126. The van der Waals surface area contributed by atoms with Crippen LogP contribution in [0.1, 0.15) is 34.1 Å². The summed E-state index contributed by atoms with van der Waals surface area (Å²) in [4.78, 5) is 2.09. The third-order valence-corrected chi connectivity index (χ3v) is 2.11. The van der Waals surface area contributed by atoms with Crippen LogP contribution in [0.15, 0.2) is 0 Å². The smallest absolute Gasteiger partial charge is 0.158 e.